The standard InChI is InChI=1S/C21H24BrFN2O4/c1-20(2,3)19(25-29-21(4,5)6)28-16-8-7-9-24-17(16)18(27)12-10-13(22)14(23)11-15(12)26/h7-11,26H,1-6H3. The van der Waals surface area contributed by atoms with E-state index in [2.05, 4.69) is 26.1 Å². The second-order valence-corrected chi connectivity index (χ2v) is 9.27. The van der Waals surface area contributed by atoms with Gasteiger partial charge in [-0.2, -0.15) is 0 Å². The number of benzene rings is 1. The third-order valence-electron chi connectivity index (χ3n) is 3.52. The normalized spacial score (nSPS) is 12.6. The number of phenolic OH excluding ortho intramolecular Hbond substituents is 1. The molecule has 0 unspecified atom stereocenters. The minimum absolute atomic E-state index is 0.0472. The summed E-state index contributed by atoms with van der Waals surface area (Å²) in [7, 11) is 0. The average molecular weight is 467 g/mol. The van der Waals surface area contributed by atoms with E-state index >= 15 is 0 Å². The minimum Gasteiger partial charge on any atom is -0.507 e. The Bertz CT molecular complexity index is 947. The third kappa shape index (κ3) is 6.00. The molecule has 6 nitrogen and oxygen atoms in total. The van der Waals surface area contributed by atoms with Gasteiger partial charge in [-0.3, -0.25) is 4.79 Å². The molecule has 156 valence electrons. The molecule has 2 rings (SSSR count). The van der Waals surface area contributed by atoms with Crippen molar-refractivity contribution in [3.8, 4) is 11.5 Å². The predicted molar refractivity (Wildman–Crippen MR) is 112 cm³/mol. The molecule has 0 bridgehead atoms. The van der Waals surface area contributed by atoms with E-state index in [1.165, 1.54) is 12.3 Å². The van der Waals surface area contributed by atoms with Gasteiger partial charge in [0.2, 0.25) is 11.7 Å². The molecule has 1 heterocycles. The molecule has 0 spiro atoms. The van der Waals surface area contributed by atoms with Gasteiger partial charge >= 0.3 is 0 Å². The van der Waals surface area contributed by atoms with Crippen molar-refractivity contribution in [3.05, 3.63) is 52.0 Å². The van der Waals surface area contributed by atoms with Crippen LogP contribution in [0.3, 0.4) is 0 Å². The molecule has 2 aromatic rings. The lowest BCUT2D eigenvalue weighted by Gasteiger charge is -2.24. The van der Waals surface area contributed by atoms with Crippen molar-refractivity contribution >= 4 is 27.6 Å². The van der Waals surface area contributed by atoms with Crippen LogP contribution >= 0.6 is 15.9 Å². The Kier molecular flexibility index (Phi) is 6.67. The Morgan fingerprint density at radius 3 is 2.45 bits per heavy atom. The lowest BCUT2D eigenvalue weighted by molar-refractivity contribution is -0.00380. The Balaban J connectivity index is 2.47. The number of ketones is 1. The second-order valence-electron chi connectivity index (χ2n) is 8.41. The lowest BCUT2D eigenvalue weighted by Crippen LogP contribution is -2.29. The fraction of sp³-hybridized carbons (Fsp3) is 0.381. The number of halogens is 2. The molecule has 0 saturated carbocycles. The quantitative estimate of drug-likeness (QED) is 0.279. The molecule has 0 amide bonds. The van der Waals surface area contributed by atoms with Crippen LogP contribution in [-0.2, 0) is 4.84 Å². The fourth-order valence-electron chi connectivity index (χ4n) is 2.08. The van der Waals surface area contributed by atoms with E-state index in [0.29, 0.717) is 0 Å². The number of carbonyl (C=O) groups excluding carboxylic acids is 1. The van der Waals surface area contributed by atoms with Crippen molar-refractivity contribution in [1.82, 2.24) is 4.98 Å². The van der Waals surface area contributed by atoms with Gasteiger partial charge in [0.25, 0.3) is 0 Å². The maximum atomic E-state index is 13.6. The van der Waals surface area contributed by atoms with Gasteiger partial charge in [0.15, 0.2) is 11.4 Å². The van der Waals surface area contributed by atoms with Gasteiger partial charge in [-0.25, -0.2) is 9.37 Å². The van der Waals surface area contributed by atoms with Gasteiger partial charge in [0, 0.05) is 17.7 Å². The van der Waals surface area contributed by atoms with E-state index < -0.39 is 28.4 Å². The first kappa shape index (κ1) is 22.8. The van der Waals surface area contributed by atoms with Crippen molar-refractivity contribution in [3.63, 3.8) is 0 Å². The van der Waals surface area contributed by atoms with Gasteiger partial charge in [0.1, 0.15) is 17.2 Å². The van der Waals surface area contributed by atoms with Crippen molar-refractivity contribution in [2.75, 3.05) is 0 Å². The number of pyridine rings is 1. The highest BCUT2D eigenvalue weighted by atomic mass is 79.9. The molecule has 1 aromatic carbocycles. The number of oxime groups is 1. The number of rotatable bonds is 4. The summed E-state index contributed by atoms with van der Waals surface area (Å²) in [6.45, 7) is 11.2. The lowest BCUT2D eigenvalue weighted by atomic mass is 9.96. The second kappa shape index (κ2) is 8.49. The van der Waals surface area contributed by atoms with E-state index in [1.807, 2.05) is 41.5 Å². The first-order chi connectivity index (χ1) is 13.3. The van der Waals surface area contributed by atoms with E-state index in [1.54, 1.807) is 12.1 Å². The maximum Gasteiger partial charge on any atom is 0.236 e. The highest BCUT2D eigenvalue weighted by Crippen LogP contribution is 2.30. The Hall–Kier alpha value is -2.48. The molecule has 0 aliphatic heterocycles. The van der Waals surface area contributed by atoms with Crippen LogP contribution in [0.1, 0.15) is 57.6 Å². The molecular formula is C21H24BrFN2O4. The van der Waals surface area contributed by atoms with Gasteiger partial charge in [-0.15, -0.1) is 0 Å². The highest BCUT2D eigenvalue weighted by Gasteiger charge is 2.27. The molecule has 0 fully saturated rings. The van der Waals surface area contributed by atoms with E-state index in [9.17, 15) is 14.3 Å². The molecule has 0 aliphatic carbocycles. The Morgan fingerprint density at radius 1 is 1.21 bits per heavy atom. The summed E-state index contributed by atoms with van der Waals surface area (Å²) in [5, 5.41) is 14.2. The highest BCUT2D eigenvalue weighted by molar-refractivity contribution is 9.10. The monoisotopic (exact) mass is 466 g/mol. The third-order valence-corrected chi connectivity index (χ3v) is 4.13. The summed E-state index contributed by atoms with van der Waals surface area (Å²) in [6, 6.07) is 5.23. The molecule has 1 N–H and O–H groups in total. The zero-order valence-electron chi connectivity index (χ0n) is 17.2. The van der Waals surface area contributed by atoms with E-state index in [-0.39, 0.29) is 27.4 Å². The molecular weight excluding hydrogens is 443 g/mol. The number of hydrogen-bond acceptors (Lipinski definition) is 6. The maximum absolute atomic E-state index is 13.6. The first-order valence-corrected chi connectivity index (χ1v) is 9.71. The average Bonchev–Trinajstić information content (AvgIpc) is 2.59. The number of aromatic hydroxyl groups is 1. The smallest absolute Gasteiger partial charge is 0.236 e. The largest absolute Gasteiger partial charge is 0.507 e. The molecule has 0 atom stereocenters. The number of phenols is 1. The van der Waals surface area contributed by atoms with Crippen LogP contribution < -0.4 is 4.74 Å². The van der Waals surface area contributed by atoms with Crippen LogP contribution in [0.25, 0.3) is 0 Å². The molecule has 1 aromatic heterocycles. The van der Waals surface area contributed by atoms with Gasteiger partial charge in [0.05, 0.1) is 10.0 Å². The van der Waals surface area contributed by atoms with Crippen LogP contribution in [0.4, 0.5) is 4.39 Å². The van der Waals surface area contributed by atoms with Crippen molar-refractivity contribution in [2.24, 2.45) is 10.6 Å². The molecule has 0 saturated heterocycles. The number of ether oxygens (including phenoxy) is 1. The topological polar surface area (TPSA) is 81.0 Å². The van der Waals surface area contributed by atoms with Crippen molar-refractivity contribution in [1.29, 1.82) is 0 Å². The summed E-state index contributed by atoms with van der Waals surface area (Å²) in [5.41, 5.74) is -1.21. The predicted octanol–water partition coefficient (Wildman–Crippen LogP) is 5.47. The van der Waals surface area contributed by atoms with Crippen LogP contribution in [-0.4, -0.2) is 27.4 Å². The summed E-state index contributed by atoms with van der Waals surface area (Å²) in [6.07, 6.45) is 1.43. The minimum atomic E-state index is -0.682. The molecule has 29 heavy (non-hydrogen) atoms. The van der Waals surface area contributed by atoms with Crippen molar-refractivity contribution < 1.29 is 23.9 Å². The van der Waals surface area contributed by atoms with Gasteiger partial charge in [-0.05, 0) is 54.9 Å². The number of hydrogen-bond donors (Lipinski definition) is 1. The summed E-state index contributed by atoms with van der Waals surface area (Å²) in [5.74, 6) is -1.41. The van der Waals surface area contributed by atoms with E-state index in [0.717, 1.165) is 6.07 Å². The number of carbonyl (C=O) groups is 1. The number of aromatic nitrogens is 1. The molecule has 0 radical (unpaired) electrons. The summed E-state index contributed by atoms with van der Waals surface area (Å²) < 4.78 is 19.6. The summed E-state index contributed by atoms with van der Waals surface area (Å²) >= 11 is 3.02. The zero-order valence-corrected chi connectivity index (χ0v) is 18.8. The Morgan fingerprint density at radius 2 is 1.86 bits per heavy atom. The first-order valence-electron chi connectivity index (χ1n) is 8.92. The van der Waals surface area contributed by atoms with E-state index in [4.69, 9.17) is 9.57 Å². The van der Waals surface area contributed by atoms with Crippen LogP contribution in [0.5, 0.6) is 11.5 Å². The van der Waals surface area contributed by atoms with Gasteiger partial charge in [-0.1, -0.05) is 25.9 Å². The van der Waals surface area contributed by atoms with Crippen LogP contribution in [0.15, 0.2) is 40.1 Å². The molecule has 0 aliphatic rings. The summed E-state index contributed by atoms with van der Waals surface area (Å²) in [4.78, 5) is 22.6. The number of nitrogens with zero attached hydrogens (tertiary/aromatic N) is 2. The fourth-order valence-corrected chi connectivity index (χ4v) is 2.42. The molecule has 8 heteroatoms. The van der Waals surface area contributed by atoms with Crippen LogP contribution in [0, 0.1) is 11.2 Å². The zero-order chi connectivity index (χ0) is 22.0. The SMILES string of the molecule is CC(C)(C)ON=C(Oc1cccnc1C(=O)c1cc(Br)c(F)cc1O)C(C)(C)C. The Labute approximate surface area is 177 Å². The van der Waals surface area contributed by atoms with Gasteiger partial charge < -0.3 is 14.7 Å². The van der Waals surface area contributed by atoms with Crippen LogP contribution in [0.2, 0.25) is 0 Å². The van der Waals surface area contributed by atoms with Crippen molar-refractivity contribution in [2.45, 2.75) is 47.1 Å².